The van der Waals surface area contributed by atoms with Crippen LogP contribution in [0.15, 0.2) is 199 Å². The van der Waals surface area contributed by atoms with Gasteiger partial charge in [0.25, 0.3) is 0 Å². The molecule has 0 fully saturated rings. The van der Waals surface area contributed by atoms with E-state index in [9.17, 15) is 0 Å². The Kier molecular flexibility index (Phi) is 8.12. The number of thiophene rings is 1. The fraction of sp³-hybridized carbons (Fsp3) is 0.0370. The fourth-order valence-electron chi connectivity index (χ4n) is 8.77. The normalized spacial score (nSPS) is 12.3. The Hall–Kier alpha value is -7.14. The van der Waals surface area contributed by atoms with Crippen molar-refractivity contribution in [3.8, 4) is 16.8 Å². The molecule has 0 aliphatic rings. The Morgan fingerprint density at radius 3 is 2.05 bits per heavy atom. The third-order valence-corrected chi connectivity index (χ3v) is 12.6. The molecule has 8 aromatic carbocycles. The van der Waals surface area contributed by atoms with Crippen molar-refractivity contribution in [1.29, 1.82) is 0 Å². The molecule has 0 aliphatic heterocycles. The highest BCUT2D eigenvalue weighted by atomic mass is 32.1. The SMILES string of the molecule is C/C=C\C=C(/C)c1ccc(-c2c3c(cc4c2c2ccc(N(c5ccccc5)c5ccc6sc7ccccc7c6c5)cc2n4-c2ccccc2)oc2ccccc23)cc1. The molecule has 3 heterocycles. The van der Waals surface area contributed by atoms with Crippen LogP contribution in [0.25, 0.3) is 86.3 Å². The Labute approximate surface area is 340 Å². The van der Waals surface area contributed by atoms with E-state index in [0.717, 1.165) is 61.3 Å². The molecule has 4 heteroatoms. The van der Waals surface area contributed by atoms with E-state index in [2.05, 4.69) is 211 Å². The summed E-state index contributed by atoms with van der Waals surface area (Å²) in [5.41, 5.74) is 13.2. The molecule has 0 aliphatic carbocycles. The van der Waals surface area contributed by atoms with Crippen molar-refractivity contribution in [2.75, 3.05) is 4.90 Å². The van der Waals surface area contributed by atoms with E-state index in [-0.39, 0.29) is 0 Å². The van der Waals surface area contributed by atoms with Gasteiger partial charge in [-0.05, 0) is 97.3 Å². The molecule has 0 saturated carbocycles. The van der Waals surface area contributed by atoms with Crippen molar-refractivity contribution in [2.24, 2.45) is 0 Å². The van der Waals surface area contributed by atoms with Crippen molar-refractivity contribution in [3.05, 3.63) is 200 Å². The summed E-state index contributed by atoms with van der Waals surface area (Å²) in [5.74, 6) is 0. The summed E-state index contributed by atoms with van der Waals surface area (Å²) in [4.78, 5) is 2.39. The fourth-order valence-corrected chi connectivity index (χ4v) is 9.85. The largest absolute Gasteiger partial charge is 0.456 e. The van der Waals surface area contributed by atoms with Crippen LogP contribution in [-0.2, 0) is 0 Å². The number of fused-ring (bicyclic) bond motifs is 9. The minimum Gasteiger partial charge on any atom is -0.456 e. The smallest absolute Gasteiger partial charge is 0.138 e. The Morgan fingerprint density at radius 2 is 1.24 bits per heavy atom. The summed E-state index contributed by atoms with van der Waals surface area (Å²) in [7, 11) is 0. The van der Waals surface area contributed by atoms with E-state index in [1.54, 1.807) is 0 Å². The van der Waals surface area contributed by atoms with Crippen molar-refractivity contribution in [1.82, 2.24) is 4.57 Å². The highest BCUT2D eigenvalue weighted by Crippen LogP contribution is 2.48. The lowest BCUT2D eigenvalue weighted by Gasteiger charge is -2.26. The van der Waals surface area contributed by atoms with Crippen molar-refractivity contribution in [2.45, 2.75) is 13.8 Å². The van der Waals surface area contributed by atoms with Gasteiger partial charge in [-0.2, -0.15) is 0 Å². The van der Waals surface area contributed by atoms with Gasteiger partial charge in [-0.3, -0.25) is 0 Å². The second-order valence-electron chi connectivity index (χ2n) is 14.9. The lowest BCUT2D eigenvalue weighted by Crippen LogP contribution is -2.09. The lowest BCUT2D eigenvalue weighted by atomic mass is 9.93. The number of aromatic nitrogens is 1. The number of rotatable bonds is 7. The summed E-state index contributed by atoms with van der Waals surface area (Å²) in [5, 5.41) is 7.21. The summed E-state index contributed by atoms with van der Waals surface area (Å²) >= 11 is 1.85. The first kappa shape index (κ1) is 34.1. The molecular weight excluding hydrogens is 725 g/mol. The Bertz CT molecular complexity index is 3400. The lowest BCUT2D eigenvalue weighted by molar-refractivity contribution is 0.669. The molecule has 3 aromatic heterocycles. The maximum absolute atomic E-state index is 6.71. The van der Waals surface area contributed by atoms with Crippen LogP contribution < -0.4 is 4.90 Å². The minimum absolute atomic E-state index is 0.874. The van der Waals surface area contributed by atoms with E-state index in [4.69, 9.17) is 4.42 Å². The number of para-hydroxylation sites is 3. The number of allylic oxidation sites excluding steroid dienone is 4. The monoisotopic (exact) mass is 762 g/mol. The topological polar surface area (TPSA) is 21.3 Å². The highest BCUT2D eigenvalue weighted by Gasteiger charge is 2.24. The average molecular weight is 763 g/mol. The van der Waals surface area contributed by atoms with Gasteiger partial charge in [0.2, 0.25) is 0 Å². The maximum Gasteiger partial charge on any atom is 0.138 e. The molecule has 0 atom stereocenters. The molecule has 0 spiro atoms. The minimum atomic E-state index is 0.874. The molecule has 0 radical (unpaired) electrons. The van der Waals surface area contributed by atoms with Crippen LogP contribution in [0.5, 0.6) is 0 Å². The first-order valence-electron chi connectivity index (χ1n) is 19.8. The molecular formula is C54H38N2OS. The van der Waals surface area contributed by atoms with Gasteiger partial charge >= 0.3 is 0 Å². The van der Waals surface area contributed by atoms with Crippen LogP contribution in [0.4, 0.5) is 17.1 Å². The van der Waals surface area contributed by atoms with Crippen molar-refractivity contribution >= 4 is 97.9 Å². The van der Waals surface area contributed by atoms with Crippen LogP contribution in [0.1, 0.15) is 19.4 Å². The first-order valence-corrected chi connectivity index (χ1v) is 20.6. The number of anilines is 3. The number of hydrogen-bond acceptors (Lipinski definition) is 3. The van der Waals surface area contributed by atoms with E-state index in [0.29, 0.717) is 0 Å². The Balaban J connectivity index is 1.21. The zero-order valence-electron chi connectivity index (χ0n) is 32.2. The Morgan fingerprint density at radius 1 is 0.552 bits per heavy atom. The molecule has 0 N–H and O–H groups in total. The van der Waals surface area contributed by atoms with E-state index in [1.807, 2.05) is 18.3 Å². The van der Waals surface area contributed by atoms with Gasteiger partial charge in [0, 0.05) is 76.1 Å². The second kappa shape index (κ2) is 13.8. The van der Waals surface area contributed by atoms with Gasteiger partial charge in [0.05, 0.1) is 11.0 Å². The molecule has 276 valence electrons. The van der Waals surface area contributed by atoms with Crippen LogP contribution in [0, 0.1) is 0 Å². The molecule has 58 heavy (non-hydrogen) atoms. The molecule has 11 rings (SSSR count). The second-order valence-corrected chi connectivity index (χ2v) is 16.0. The van der Waals surface area contributed by atoms with Crippen LogP contribution in [0.3, 0.4) is 0 Å². The number of furan rings is 1. The van der Waals surface area contributed by atoms with Crippen molar-refractivity contribution in [3.63, 3.8) is 0 Å². The molecule has 0 unspecified atom stereocenters. The van der Waals surface area contributed by atoms with Crippen molar-refractivity contribution < 1.29 is 4.42 Å². The number of hydrogen-bond donors (Lipinski definition) is 0. The first-order chi connectivity index (χ1) is 28.6. The summed E-state index contributed by atoms with van der Waals surface area (Å²) in [6.45, 7) is 4.22. The van der Waals surface area contributed by atoms with Gasteiger partial charge in [-0.25, -0.2) is 0 Å². The average Bonchev–Trinajstić information content (AvgIpc) is 3.94. The molecule has 3 nitrogen and oxygen atoms in total. The van der Waals surface area contributed by atoms with Gasteiger partial charge in [0.15, 0.2) is 0 Å². The van der Waals surface area contributed by atoms with Gasteiger partial charge in [-0.15, -0.1) is 11.3 Å². The summed E-state index contributed by atoms with van der Waals surface area (Å²) < 4.78 is 11.7. The summed E-state index contributed by atoms with van der Waals surface area (Å²) in [6.07, 6.45) is 6.33. The molecule has 0 saturated heterocycles. The zero-order chi connectivity index (χ0) is 38.7. The van der Waals surface area contributed by atoms with E-state index >= 15 is 0 Å². The third kappa shape index (κ3) is 5.48. The van der Waals surface area contributed by atoms with E-state index < -0.39 is 0 Å². The molecule has 11 aromatic rings. The van der Waals surface area contributed by atoms with Gasteiger partial charge in [0.1, 0.15) is 11.2 Å². The van der Waals surface area contributed by atoms with Crippen LogP contribution in [-0.4, -0.2) is 4.57 Å². The maximum atomic E-state index is 6.71. The quantitative estimate of drug-likeness (QED) is 0.151. The van der Waals surface area contributed by atoms with Crippen LogP contribution >= 0.6 is 11.3 Å². The molecule has 0 bridgehead atoms. The molecule has 0 amide bonds. The predicted octanol–water partition coefficient (Wildman–Crippen LogP) is 16.2. The van der Waals surface area contributed by atoms with Crippen LogP contribution in [0.2, 0.25) is 0 Å². The van der Waals surface area contributed by atoms with Gasteiger partial charge in [-0.1, -0.05) is 121 Å². The standard InChI is InChI=1S/C54H38N2OS/c1-3-4-15-35(2)36-24-26-37(27-25-36)52-53-43-30-28-41(55(38-16-7-5-8-17-38)40-29-31-51-45(32-40)42-20-12-14-23-50(42)58-51)33-46(43)56(39-18-9-6-10-19-39)47(53)34-49-54(52)44-21-11-13-22-48(44)57-49/h3-34H,1-2H3/b4-3-,35-15+. The highest BCUT2D eigenvalue weighted by molar-refractivity contribution is 7.25. The number of benzene rings is 8. The number of nitrogens with zero attached hydrogens (tertiary/aromatic N) is 2. The third-order valence-electron chi connectivity index (χ3n) is 11.5. The predicted molar refractivity (Wildman–Crippen MR) is 250 cm³/mol. The summed E-state index contributed by atoms with van der Waals surface area (Å²) in [6, 6.07) is 63.8. The van der Waals surface area contributed by atoms with Gasteiger partial charge < -0.3 is 13.9 Å². The zero-order valence-corrected chi connectivity index (χ0v) is 33.0. The van der Waals surface area contributed by atoms with E-state index in [1.165, 1.54) is 47.6 Å².